The summed E-state index contributed by atoms with van der Waals surface area (Å²) in [7, 11) is 1.96. The van der Waals surface area contributed by atoms with Gasteiger partial charge in [-0.2, -0.15) is 0 Å². The van der Waals surface area contributed by atoms with Gasteiger partial charge in [-0.25, -0.2) is 0 Å². The molecule has 2 fully saturated rings. The van der Waals surface area contributed by atoms with E-state index in [-0.39, 0.29) is 0 Å². The first-order valence-corrected chi connectivity index (χ1v) is 6.85. The van der Waals surface area contributed by atoms with E-state index in [2.05, 4.69) is 16.3 Å². The Hall–Kier alpha value is -0.840. The summed E-state index contributed by atoms with van der Waals surface area (Å²) in [6, 6.07) is 2.18. The van der Waals surface area contributed by atoms with Crippen molar-refractivity contribution in [3.05, 3.63) is 23.2 Å². The number of furan rings is 1. The monoisotopic (exact) mass is 250 g/mol. The molecule has 2 saturated heterocycles. The Morgan fingerprint density at radius 3 is 2.72 bits per heavy atom. The molecule has 0 amide bonds. The second-order valence-electron chi connectivity index (χ2n) is 5.48. The Bertz CT molecular complexity index is 404. The molecule has 0 aromatic carbocycles. The maximum atomic E-state index is 5.85. The Kier molecular flexibility index (Phi) is 3.41. The fourth-order valence-corrected chi connectivity index (χ4v) is 3.08. The number of ether oxygens (including phenoxy) is 1. The molecule has 0 radical (unpaired) electrons. The summed E-state index contributed by atoms with van der Waals surface area (Å²) in [5, 5.41) is 3.17. The van der Waals surface area contributed by atoms with Crippen LogP contribution in [0.5, 0.6) is 0 Å². The first kappa shape index (κ1) is 12.2. The molecular weight excluding hydrogens is 228 g/mol. The van der Waals surface area contributed by atoms with Crippen LogP contribution in [0.3, 0.4) is 0 Å². The Labute approximate surface area is 108 Å². The van der Waals surface area contributed by atoms with Gasteiger partial charge in [-0.15, -0.1) is 0 Å². The molecule has 2 aliphatic rings. The van der Waals surface area contributed by atoms with Crippen LogP contribution in [0.2, 0.25) is 0 Å². The van der Waals surface area contributed by atoms with Crippen molar-refractivity contribution in [3.8, 4) is 0 Å². The Morgan fingerprint density at radius 1 is 1.33 bits per heavy atom. The predicted octanol–water partition coefficient (Wildman–Crippen LogP) is 1.67. The van der Waals surface area contributed by atoms with Gasteiger partial charge in [0.25, 0.3) is 0 Å². The zero-order chi connectivity index (χ0) is 12.5. The van der Waals surface area contributed by atoms with E-state index in [4.69, 9.17) is 9.15 Å². The quantitative estimate of drug-likeness (QED) is 0.882. The summed E-state index contributed by atoms with van der Waals surface area (Å²) < 4.78 is 11.7. The highest BCUT2D eigenvalue weighted by Gasteiger charge is 2.33. The molecule has 2 aliphatic heterocycles. The van der Waals surface area contributed by atoms with Gasteiger partial charge in [0.15, 0.2) is 0 Å². The third-order valence-electron chi connectivity index (χ3n) is 3.94. The highest BCUT2D eigenvalue weighted by atomic mass is 16.5. The lowest BCUT2D eigenvalue weighted by Gasteiger charge is -2.31. The molecule has 2 unspecified atom stereocenters. The average Bonchev–Trinajstić information content (AvgIpc) is 2.84. The fraction of sp³-hybridized carbons (Fsp3) is 0.714. The van der Waals surface area contributed by atoms with Crippen LogP contribution >= 0.6 is 0 Å². The van der Waals surface area contributed by atoms with E-state index < -0.39 is 0 Å². The molecule has 3 rings (SSSR count). The number of nitrogens with zero attached hydrogens (tertiary/aromatic N) is 1. The van der Waals surface area contributed by atoms with Crippen molar-refractivity contribution in [1.82, 2.24) is 10.2 Å². The van der Waals surface area contributed by atoms with Crippen LogP contribution in [-0.4, -0.2) is 37.2 Å². The van der Waals surface area contributed by atoms with Gasteiger partial charge in [0.05, 0.1) is 18.8 Å². The molecule has 0 aliphatic carbocycles. The number of hydrogen-bond donors (Lipinski definition) is 1. The summed E-state index contributed by atoms with van der Waals surface area (Å²) in [6.45, 7) is 5.94. The summed E-state index contributed by atoms with van der Waals surface area (Å²) in [5.74, 6) is 2.12. The van der Waals surface area contributed by atoms with Gasteiger partial charge in [0, 0.05) is 25.2 Å². The largest absolute Gasteiger partial charge is 0.465 e. The molecule has 0 saturated carbocycles. The zero-order valence-electron chi connectivity index (χ0n) is 11.2. The van der Waals surface area contributed by atoms with Crippen molar-refractivity contribution >= 4 is 0 Å². The van der Waals surface area contributed by atoms with E-state index in [1.165, 1.54) is 18.4 Å². The van der Waals surface area contributed by atoms with E-state index in [0.717, 1.165) is 37.7 Å². The van der Waals surface area contributed by atoms with Crippen molar-refractivity contribution in [2.24, 2.45) is 0 Å². The second kappa shape index (κ2) is 5.03. The van der Waals surface area contributed by atoms with Crippen LogP contribution in [0.25, 0.3) is 0 Å². The smallest absolute Gasteiger partial charge is 0.118 e. The summed E-state index contributed by atoms with van der Waals surface area (Å²) >= 11 is 0. The minimum atomic E-state index is 0.455. The third kappa shape index (κ3) is 2.46. The third-order valence-corrected chi connectivity index (χ3v) is 3.94. The van der Waals surface area contributed by atoms with E-state index in [0.29, 0.717) is 12.2 Å². The number of likely N-dealkylation sites (tertiary alicyclic amines) is 1. The molecule has 1 N–H and O–H groups in total. The normalized spacial score (nSPS) is 27.9. The molecule has 2 bridgehead atoms. The number of aryl methyl sites for hydroxylation is 1. The van der Waals surface area contributed by atoms with Crippen molar-refractivity contribution in [2.45, 2.75) is 45.1 Å². The number of nitrogens with one attached hydrogen (secondary N) is 1. The first-order chi connectivity index (χ1) is 8.74. The molecular formula is C14H22N2O2. The van der Waals surface area contributed by atoms with Crippen LogP contribution in [0.1, 0.15) is 29.9 Å². The van der Waals surface area contributed by atoms with Gasteiger partial charge in [-0.3, -0.25) is 4.90 Å². The van der Waals surface area contributed by atoms with Crippen molar-refractivity contribution < 1.29 is 9.15 Å². The van der Waals surface area contributed by atoms with Gasteiger partial charge in [0.1, 0.15) is 11.5 Å². The standard InChI is InChI=1S/C14H22N2O2/c1-10-11(6-15-2)5-14(17-10)9-16-7-12-3-4-13(8-16)18-12/h5,12-13,15H,3-4,6-9H2,1-2H3. The second-order valence-corrected chi connectivity index (χ2v) is 5.48. The highest BCUT2D eigenvalue weighted by Crippen LogP contribution is 2.27. The molecule has 100 valence electrons. The lowest BCUT2D eigenvalue weighted by Crippen LogP contribution is -2.41. The summed E-state index contributed by atoms with van der Waals surface area (Å²) in [6.07, 6.45) is 3.36. The van der Waals surface area contributed by atoms with Crippen molar-refractivity contribution in [2.75, 3.05) is 20.1 Å². The molecule has 4 nitrogen and oxygen atoms in total. The topological polar surface area (TPSA) is 37.6 Å². The Balaban J connectivity index is 1.64. The SMILES string of the molecule is CNCc1cc(CN2CC3CCC(C2)O3)oc1C. The summed E-state index contributed by atoms with van der Waals surface area (Å²) in [4.78, 5) is 2.47. The van der Waals surface area contributed by atoms with Gasteiger partial charge < -0.3 is 14.5 Å². The van der Waals surface area contributed by atoms with Crippen LogP contribution < -0.4 is 5.32 Å². The van der Waals surface area contributed by atoms with Gasteiger partial charge in [-0.05, 0) is 32.9 Å². The molecule has 3 heterocycles. The maximum Gasteiger partial charge on any atom is 0.118 e. The van der Waals surface area contributed by atoms with Crippen LogP contribution in [0.4, 0.5) is 0 Å². The van der Waals surface area contributed by atoms with Gasteiger partial charge in [0.2, 0.25) is 0 Å². The van der Waals surface area contributed by atoms with E-state index in [9.17, 15) is 0 Å². The molecule has 1 aromatic rings. The van der Waals surface area contributed by atoms with E-state index in [1.807, 2.05) is 14.0 Å². The lowest BCUT2D eigenvalue weighted by molar-refractivity contribution is -0.0427. The predicted molar refractivity (Wildman–Crippen MR) is 69.4 cm³/mol. The fourth-order valence-electron chi connectivity index (χ4n) is 3.08. The van der Waals surface area contributed by atoms with Crippen molar-refractivity contribution in [3.63, 3.8) is 0 Å². The number of morpholine rings is 1. The highest BCUT2D eigenvalue weighted by molar-refractivity contribution is 5.20. The van der Waals surface area contributed by atoms with Crippen molar-refractivity contribution in [1.29, 1.82) is 0 Å². The summed E-state index contributed by atoms with van der Waals surface area (Å²) in [5.41, 5.74) is 1.27. The molecule has 18 heavy (non-hydrogen) atoms. The number of hydrogen-bond acceptors (Lipinski definition) is 4. The molecule has 1 aromatic heterocycles. The number of rotatable bonds is 4. The molecule has 2 atom stereocenters. The van der Waals surface area contributed by atoms with E-state index in [1.54, 1.807) is 0 Å². The molecule has 0 spiro atoms. The first-order valence-electron chi connectivity index (χ1n) is 6.85. The minimum Gasteiger partial charge on any atom is -0.465 e. The molecule has 4 heteroatoms. The average molecular weight is 250 g/mol. The Morgan fingerprint density at radius 2 is 2.06 bits per heavy atom. The van der Waals surface area contributed by atoms with E-state index >= 15 is 0 Å². The van der Waals surface area contributed by atoms with Crippen LogP contribution in [0.15, 0.2) is 10.5 Å². The van der Waals surface area contributed by atoms with Crippen LogP contribution in [0, 0.1) is 6.92 Å². The lowest BCUT2D eigenvalue weighted by atomic mass is 10.2. The van der Waals surface area contributed by atoms with Gasteiger partial charge in [-0.1, -0.05) is 0 Å². The van der Waals surface area contributed by atoms with Gasteiger partial charge >= 0.3 is 0 Å². The minimum absolute atomic E-state index is 0.455. The van der Waals surface area contributed by atoms with Crippen LogP contribution in [-0.2, 0) is 17.8 Å². The zero-order valence-corrected chi connectivity index (χ0v) is 11.2. The number of fused-ring (bicyclic) bond motifs is 2. The maximum absolute atomic E-state index is 5.85.